The first-order valence-corrected chi connectivity index (χ1v) is 10.8. The fourth-order valence-corrected chi connectivity index (χ4v) is 5.53. The van der Waals surface area contributed by atoms with Gasteiger partial charge in [0, 0.05) is 12.0 Å². The van der Waals surface area contributed by atoms with Gasteiger partial charge in [-0.3, -0.25) is 9.89 Å². The highest BCUT2D eigenvalue weighted by Gasteiger charge is 2.48. The number of rotatable bonds is 4. The van der Waals surface area contributed by atoms with Crippen LogP contribution in [0, 0.1) is 23.0 Å². The lowest BCUT2D eigenvalue weighted by Crippen LogP contribution is -2.49. The predicted molar refractivity (Wildman–Crippen MR) is 111 cm³/mol. The third-order valence-electron chi connectivity index (χ3n) is 7.00. The molecule has 0 aromatic carbocycles. The summed E-state index contributed by atoms with van der Waals surface area (Å²) in [5.74, 6) is -0.931. The van der Waals surface area contributed by atoms with Crippen molar-refractivity contribution in [3.63, 3.8) is 0 Å². The van der Waals surface area contributed by atoms with Crippen molar-refractivity contribution in [3.05, 3.63) is 30.1 Å². The lowest BCUT2D eigenvalue weighted by Gasteiger charge is -2.46. The van der Waals surface area contributed by atoms with Gasteiger partial charge in [0.2, 0.25) is 0 Å². The summed E-state index contributed by atoms with van der Waals surface area (Å²) >= 11 is 0. The average molecular weight is 426 g/mol. The largest absolute Gasteiger partial charge is 0.363 e. The summed E-state index contributed by atoms with van der Waals surface area (Å²) < 4.78 is 28.5. The number of ketones is 1. The first-order chi connectivity index (χ1) is 15.0. The molecule has 2 aliphatic rings. The van der Waals surface area contributed by atoms with E-state index < -0.39 is 11.6 Å². The van der Waals surface area contributed by atoms with Crippen molar-refractivity contribution in [1.29, 1.82) is 0 Å². The van der Waals surface area contributed by atoms with Crippen LogP contribution in [0.25, 0.3) is 22.6 Å². The van der Waals surface area contributed by atoms with Crippen LogP contribution in [0.3, 0.4) is 0 Å². The van der Waals surface area contributed by atoms with Crippen LogP contribution in [-0.4, -0.2) is 37.0 Å². The molecule has 0 amide bonds. The normalized spacial score (nSPS) is 22.8. The lowest BCUT2D eigenvalue weighted by atomic mass is 9.63. The summed E-state index contributed by atoms with van der Waals surface area (Å²) in [5.41, 5.74) is 0.679. The molecule has 0 bridgehead atoms. The molecule has 1 unspecified atom stereocenters. The number of carbonyl (C=O) groups is 1. The van der Waals surface area contributed by atoms with E-state index in [1.165, 1.54) is 6.07 Å². The Bertz CT molecular complexity index is 1140. The number of carbonyl (C=O) groups excluding carboxylic acids is 1. The Balaban J connectivity index is 1.54. The highest BCUT2D eigenvalue weighted by Crippen LogP contribution is 2.52. The molecule has 0 radical (unpaired) electrons. The minimum Gasteiger partial charge on any atom is -0.363 e. The van der Waals surface area contributed by atoms with E-state index in [1.54, 1.807) is 6.92 Å². The zero-order valence-electron chi connectivity index (χ0n) is 17.3. The fourth-order valence-electron chi connectivity index (χ4n) is 5.53. The standard InChI is InChI=1S/C22H24F2N6O/c1-12(31)14-5-4-8-22(6-2-3-7-22)18(14)27-20-16(24)11-26-21(28-20)17-15-9-13(23)10-25-19(15)30-29-17/h9-11,14,18H,2-8H2,1H3,(H,25,29,30)(H,26,27,28)/t14-,18?/m0/s1. The second-order valence-corrected chi connectivity index (χ2v) is 8.81. The molecule has 162 valence electrons. The first kappa shape index (κ1) is 20.0. The lowest BCUT2D eigenvalue weighted by molar-refractivity contribution is -0.123. The second kappa shape index (κ2) is 7.62. The molecule has 3 aromatic rings. The number of nitrogens with zero attached hydrogens (tertiary/aromatic N) is 4. The molecule has 2 fully saturated rings. The third kappa shape index (κ3) is 3.45. The molecule has 2 atom stereocenters. The number of H-pyrrole nitrogens is 1. The molecule has 7 nitrogen and oxygen atoms in total. The van der Waals surface area contributed by atoms with Crippen molar-refractivity contribution in [2.75, 3.05) is 5.32 Å². The van der Waals surface area contributed by atoms with Crippen LogP contribution < -0.4 is 5.32 Å². The number of anilines is 1. The summed E-state index contributed by atoms with van der Waals surface area (Å²) in [7, 11) is 0. The van der Waals surface area contributed by atoms with Gasteiger partial charge in [-0.25, -0.2) is 23.7 Å². The van der Waals surface area contributed by atoms with Gasteiger partial charge in [0.05, 0.1) is 17.8 Å². The minimum atomic E-state index is -0.589. The Labute approximate surface area is 178 Å². The van der Waals surface area contributed by atoms with E-state index in [-0.39, 0.29) is 34.8 Å². The average Bonchev–Trinajstić information content (AvgIpc) is 3.38. The maximum absolute atomic E-state index is 14.8. The van der Waals surface area contributed by atoms with Crippen molar-refractivity contribution in [2.45, 2.75) is 57.9 Å². The summed E-state index contributed by atoms with van der Waals surface area (Å²) in [6, 6.07) is 1.12. The minimum absolute atomic E-state index is 0.0157. The molecular weight excluding hydrogens is 402 g/mol. The number of halogens is 2. The van der Waals surface area contributed by atoms with Gasteiger partial charge in [-0.1, -0.05) is 19.3 Å². The number of hydrogen-bond donors (Lipinski definition) is 2. The molecular formula is C22H24F2N6O. The van der Waals surface area contributed by atoms with Gasteiger partial charge in [-0.15, -0.1) is 0 Å². The molecule has 3 heterocycles. The molecule has 2 saturated carbocycles. The highest BCUT2D eigenvalue weighted by molar-refractivity contribution is 5.88. The van der Waals surface area contributed by atoms with Crippen LogP contribution in [0.2, 0.25) is 0 Å². The van der Waals surface area contributed by atoms with Crippen LogP contribution in [0.5, 0.6) is 0 Å². The van der Waals surface area contributed by atoms with Crippen molar-refractivity contribution in [1.82, 2.24) is 25.1 Å². The van der Waals surface area contributed by atoms with Crippen LogP contribution in [0.1, 0.15) is 51.9 Å². The molecule has 0 saturated heterocycles. The molecule has 2 aliphatic carbocycles. The third-order valence-corrected chi connectivity index (χ3v) is 7.00. The molecule has 2 N–H and O–H groups in total. The molecule has 31 heavy (non-hydrogen) atoms. The van der Waals surface area contributed by atoms with Gasteiger partial charge in [0.1, 0.15) is 17.3 Å². The van der Waals surface area contributed by atoms with Crippen LogP contribution in [-0.2, 0) is 4.79 Å². The van der Waals surface area contributed by atoms with Gasteiger partial charge in [-0.05, 0) is 44.1 Å². The molecule has 9 heteroatoms. The van der Waals surface area contributed by atoms with Gasteiger partial charge in [0.25, 0.3) is 0 Å². The quantitative estimate of drug-likeness (QED) is 0.641. The predicted octanol–water partition coefficient (Wildman–Crippen LogP) is 4.42. The Morgan fingerprint density at radius 2 is 1.94 bits per heavy atom. The monoisotopic (exact) mass is 426 g/mol. The summed E-state index contributed by atoms with van der Waals surface area (Å²) in [5, 5.41) is 10.6. The number of Topliss-reactive ketones (excluding diaryl/α,β-unsaturated/α-hetero) is 1. The van der Waals surface area contributed by atoms with Crippen LogP contribution >= 0.6 is 0 Å². The number of nitrogens with one attached hydrogen (secondary N) is 2. The van der Waals surface area contributed by atoms with E-state index in [2.05, 4.69) is 30.5 Å². The summed E-state index contributed by atoms with van der Waals surface area (Å²) in [6.07, 6.45) is 9.33. The molecule has 1 spiro atoms. The van der Waals surface area contributed by atoms with E-state index in [0.29, 0.717) is 16.7 Å². The van der Waals surface area contributed by atoms with E-state index in [1.807, 2.05) is 0 Å². The van der Waals surface area contributed by atoms with Crippen molar-refractivity contribution < 1.29 is 13.6 Å². The summed E-state index contributed by atoms with van der Waals surface area (Å²) in [4.78, 5) is 24.9. The fraction of sp³-hybridized carbons (Fsp3) is 0.500. The summed E-state index contributed by atoms with van der Waals surface area (Å²) in [6.45, 7) is 1.62. The Hall–Kier alpha value is -2.97. The van der Waals surface area contributed by atoms with Gasteiger partial charge < -0.3 is 5.32 Å². The Kier molecular flexibility index (Phi) is 4.91. The SMILES string of the molecule is CC(=O)[C@@H]1CCCC2(CCCC2)C1Nc1nc(-c2n[nH]c3ncc(F)cc23)ncc1F. The van der Waals surface area contributed by atoms with Gasteiger partial charge in [-0.2, -0.15) is 5.10 Å². The van der Waals surface area contributed by atoms with E-state index in [4.69, 9.17) is 0 Å². The van der Waals surface area contributed by atoms with Gasteiger partial charge in [0.15, 0.2) is 23.1 Å². The number of fused-ring (bicyclic) bond motifs is 1. The van der Waals surface area contributed by atoms with Crippen molar-refractivity contribution >= 4 is 22.6 Å². The van der Waals surface area contributed by atoms with Crippen LogP contribution in [0.15, 0.2) is 18.5 Å². The number of hydrogen-bond acceptors (Lipinski definition) is 6. The number of pyridine rings is 1. The van der Waals surface area contributed by atoms with E-state index in [0.717, 1.165) is 57.3 Å². The Morgan fingerprint density at radius 3 is 2.71 bits per heavy atom. The Morgan fingerprint density at radius 1 is 1.16 bits per heavy atom. The second-order valence-electron chi connectivity index (χ2n) is 8.81. The molecule has 5 rings (SSSR count). The van der Waals surface area contributed by atoms with Crippen LogP contribution in [0.4, 0.5) is 14.6 Å². The van der Waals surface area contributed by atoms with E-state index in [9.17, 15) is 13.6 Å². The number of aromatic nitrogens is 5. The smallest absolute Gasteiger partial charge is 0.183 e. The molecule has 3 aromatic heterocycles. The zero-order valence-corrected chi connectivity index (χ0v) is 17.3. The van der Waals surface area contributed by atoms with Crippen molar-refractivity contribution in [2.24, 2.45) is 11.3 Å². The zero-order chi connectivity index (χ0) is 21.6. The highest BCUT2D eigenvalue weighted by atomic mass is 19.1. The maximum Gasteiger partial charge on any atom is 0.183 e. The maximum atomic E-state index is 14.8. The first-order valence-electron chi connectivity index (χ1n) is 10.8. The molecule has 0 aliphatic heterocycles. The number of aromatic amines is 1. The van der Waals surface area contributed by atoms with Crippen molar-refractivity contribution in [3.8, 4) is 11.5 Å². The van der Waals surface area contributed by atoms with Gasteiger partial charge >= 0.3 is 0 Å². The topological polar surface area (TPSA) is 96.5 Å². The van der Waals surface area contributed by atoms with E-state index >= 15 is 0 Å².